The summed E-state index contributed by atoms with van der Waals surface area (Å²) in [4.78, 5) is 0. The third-order valence-corrected chi connectivity index (χ3v) is 1.42. The van der Waals surface area contributed by atoms with Gasteiger partial charge in [0.25, 0.3) is 0 Å². The Hall–Kier alpha value is -0.860. The molecule has 9 heavy (non-hydrogen) atoms. The van der Waals surface area contributed by atoms with E-state index in [1.54, 1.807) is 5.12 Å². The van der Waals surface area contributed by atoms with E-state index in [1.807, 2.05) is 20.2 Å². The average Bonchev–Trinajstić information content (AvgIpc) is 1.80. The van der Waals surface area contributed by atoms with Crippen LogP contribution in [0.1, 0.15) is 13.8 Å². The highest BCUT2D eigenvalue weighted by Crippen LogP contribution is 2.02. The van der Waals surface area contributed by atoms with Crippen LogP contribution in [0.5, 0.6) is 0 Å². The van der Waals surface area contributed by atoms with Crippen LogP contribution in [0.15, 0.2) is 10.2 Å². The summed E-state index contributed by atoms with van der Waals surface area (Å²) in [7, 11) is 1.83. The first-order chi connectivity index (χ1) is 4.20. The van der Waals surface area contributed by atoms with Crippen LogP contribution in [0.3, 0.4) is 0 Å². The molecule has 0 saturated heterocycles. The first-order valence-electron chi connectivity index (χ1n) is 3.03. The van der Waals surface area contributed by atoms with Crippen LogP contribution < -0.4 is 0 Å². The van der Waals surface area contributed by atoms with Crippen molar-refractivity contribution in [3.63, 3.8) is 0 Å². The molecule has 50 valence electrons. The van der Waals surface area contributed by atoms with Crippen molar-refractivity contribution >= 4 is 11.9 Å². The van der Waals surface area contributed by atoms with Crippen LogP contribution >= 0.6 is 0 Å². The van der Waals surface area contributed by atoms with Crippen LogP contribution in [0.4, 0.5) is 0 Å². The van der Waals surface area contributed by atoms with E-state index in [0.717, 1.165) is 5.71 Å². The van der Waals surface area contributed by atoms with E-state index in [-0.39, 0.29) is 0 Å². The molecule has 1 heterocycles. The molecule has 0 fully saturated rings. The first-order valence-corrected chi connectivity index (χ1v) is 3.03. The Morgan fingerprint density at radius 3 is 2.78 bits per heavy atom. The standard InChI is InChI=1S/C6H11N3/c1-5-4-7-9(3)8-6(5)2/h4-5H,1-3H3. The molecule has 3 nitrogen and oxygen atoms in total. The minimum absolute atomic E-state index is 0.404. The second-order valence-electron chi connectivity index (χ2n) is 2.28. The lowest BCUT2D eigenvalue weighted by atomic mass is 10.1. The van der Waals surface area contributed by atoms with Gasteiger partial charge in [-0.15, -0.1) is 0 Å². The van der Waals surface area contributed by atoms with Gasteiger partial charge >= 0.3 is 0 Å². The van der Waals surface area contributed by atoms with Gasteiger partial charge in [0.2, 0.25) is 0 Å². The molecule has 0 aromatic heterocycles. The molecule has 3 heteroatoms. The Morgan fingerprint density at radius 1 is 1.67 bits per heavy atom. The van der Waals surface area contributed by atoms with Crippen molar-refractivity contribution in [3.05, 3.63) is 0 Å². The molecule has 0 saturated carbocycles. The van der Waals surface area contributed by atoms with Gasteiger partial charge < -0.3 is 0 Å². The molecule has 0 spiro atoms. The number of hydrazone groups is 2. The maximum atomic E-state index is 4.12. The van der Waals surface area contributed by atoms with Crippen molar-refractivity contribution in [1.82, 2.24) is 5.12 Å². The molecule has 1 aliphatic heterocycles. The molecule has 0 radical (unpaired) electrons. The van der Waals surface area contributed by atoms with Gasteiger partial charge in [0, 0.05) is 24.9 Å². The molecular weight excluding hydrogens is 114 g/mol. The van der Waals surface area contributed by atoms with Gasteiger partial charge in [-0.05, 0) is 6.92 Å². The molecule has 0 N–H and O–H groups in total. The van der Waals surface area contributed by atoms with Gasteiger partial charge in [0.1, 0.15) is 0 Å². The molecule has 0 amide bonds. The van der Waals surface area contributed by atoms with Gasteiger partial charge in [0.15, 0.2) is 0 Å². The molecule has 0 aromatic carbocycles. The summed E-state index contributed by atoms with van der Waals surface area (Å²) in [6, 6.07) is 0. The molecule has 0 aliphatic carbocycles. The van der Waals surface area contributed by atoms with E-state index >= 15 is 0 Å². The van der Waals surface area contributed by atoms with Crippen molar-refractivity contribution in [2.45, 2.75) is 13.8 Å². The Morgan fingerprint density at radius 2 is 2.33 bits per heavy atom. The van der Waals surface area contributed by atoms with Crippen molar-refractivity contribution in [3.8, 4) is 0 Å². The SMILES string of the molecule is CC1=NN(C)N=CC1C. The summed E-state index contributed by atoms with van der Waals surface area (Å²) < 4.78 is 0. The van der Waals surface area contributed by atoms with Crippen molar-refractivity contribution < 1.29 is 0 Å². The van der Waals surface area contributed by atoms with Crippen LogP contribution in [-0.4, -0.2) is 24.1 Å². The molecule has 1 aliphatic rings. The van der Waals surface area contributed by atoms with E-state index in [2.05, 4.69) is 17.1 Å². The monoisotopic (exact) mass is 125 g/mol. The third kappa shape index (κ3) is 1.28. The predicted molar refractivity (Wildman–Crippen MR) is 38.5 cm³/mol. The minimum Gasteiger partial charge on any atom is -0.189 e. The summed E-state index contributed by atoms with van der Waals surface area (Å²) in [5.74, 6) is 0.404. The van der Waals surface area contributed by atoms with Crippen molar-refractivity contribution in [1.29, 1.82) is 0 Å². The Balaban J connectivity index is 2.70. The van der Waals surface area contributed by atoms with Gasteiger partial charge in [-0.2, -0.15) is 15.3 Å². The molecule has 1 unspecified atom stereocenters. The minimum atomic E-state index is 0.404. The Bertz CT molecular complexity index is 160. The second-order valence-corrected chi connectivity index (χ2v) is 2.28. The highest BCUT2D eigenvalue weighted by atomic mass is 15.6. The Labute approximate surface area is 55.0 Å². The highest BCUT2D eigenvalue weighted by molar-refractivity contribution is 5.97. The van der Waals surface area contributed by atoms with Crippen LogP contribution in [0.25, 0.3) is 0 Å². The van der Waals surface area contributed by atoms with E-state index in [9.17, 15) is 0 Å². The lowest BCUT2D eigenvalue weighted by Crippen LogP contribution is -2.19. The van der Waals surface area contributed by atoms with Crippen molar-refractivity contribution in [2.75, 3.05) is 7.05 Å². The smallest absolute Gasteiger partial charge is 0.0495 e. The summed E-state index contributed by atoms with van der Waals surface area (Å²) in [5, 5.41) is 9.68. The number of hydrogen-bond donors (Lipinski definition) is 0. The lowest BCUT2D eigenvalue weighted by molar-refractivity contribution is 0.369. The number of hydrogen-bond acceptors (Lipinski definition) is 3. The maximum absolute atomic E-state index is 4.12. The molecule has 1 rings (SSSR count). The molecular formula is C6H11N3. The molecule has 1 atom stereocenters. The van der Waals surface area contributed by atoms with Gasteiger partial charge in [-0.1, -0.05) is 6.92 Å². The second kappa shape index (κ2) is 2.17. The summed E-state index contributed by atoms with van der Waals surface area (Å²) in [6.07, 6.45) is 1.89. The summed E-state index contributed by atoms with van der Waals surface area (Å²) in [6.45, 7) is 4.08. The normalized spacial score (nSPS) is 26.3. The third-order valence-electron chi connectivity index (χ3n) is 1.42. The van der Waals surface area contributed by atoms with Crippen LogP contribution in [0, 0.1) is 5.92 Å². The topological polar surface area (TPSA) is 28.0 Å². The van der Waals surface area contributed by atoms with E-state index in [0.29, 0.717) is 5.92 Å². The zero-order valence-corrected chi connectivity index (χ0v) is 6.00. The van der Waals surface area contributed by atoms with E-state index < -0.39 is 0 Å². The fourth-order valence-electron chi connectivity index (χ4n) is 0.650. The van der Waals surface area contributed by atoms with E-state index in [4.69, 9.17) is 0 Å². The van der Waals surface area contributed by atoms with Crippen LogP contribution in [-0.2, 0) is 0 Å². The largest absolute Gasteiger partial charge is 0.189 e. The number of rotatable bonds is 0. The van der Waals surface area contributed by atoms with Gasteiger partial charge in [-0.25, -0.2) is 0 Å². The van der Waals surface area contributed by atoms with Gasteiger partial charge in [-0.3, -0.25) is 0 Å². The van der Waals surface area contributed by atoms with Crippen LogP contribution in [0.2, 0.25) is 0 Å². The quantitative estimate of drug-likeness (QED) is 0.473. The van der Waals surface area contributed by atoms with Gasteiger partial charge in [0.05, 0.1) is 0 Å². The maximum Gasteiger partial charge on any atom is 0.0495 e. The molecule has 0 bridgehead atoms. The Kier molecular flexibility index (Phi) is 1.51. The predicted octanol–water partition coefficient (Wildman–Crippen LogP) is 0.930. The van der Waals surface area contributed by atoms with Crippen molar-refractivity contribution in [2.24, 2.45) is 16.1 Å². The fourth-order valence-corrected chi connectivity index (χ4v) is 0.650. The zero-order chi connectivity index (χ0) is 6.85. The fraction of sp³-hybridized carbons (Fsp3) is 0.667. The highest BCUT2D eigenvalue weighted by Gasteiger charge is 2.07. The molecule has 0 aromatic rings. The average molecular weight is 125 g/mol. The zero-order valence-electron chi connectivity index (χ0n) is 6.00. The van der Waals surface area contributed by atoms with E-state index in [1.165, 1.54) is 0 Å². The summed E-state index contributed by atoms with van der Waals surface area (Å²) >= 11 is 0. The first kappa shape index (κ1) is 6.26. The number of nitrogens with zero attached hydrogens (tertiary/aromatic N) is 3. The summed E-state index contributed by atoms with van der Waals surface area (Å²) in [5.41, 5.74) is 1.12. The lowest BCUT2D eigenvalue weighted by Gasteiger charge is -2.15.